The van der Waals surface area contributed by atoms with E-state index in [-0.39, 0.29) is 30.3 Å². The Balaban J connectivity index is 0.00000264. The quantitative estimate of drug-likeness (QED) is 0.872. The molecular formula is C18H22Cl2N2O. The van der Waals surface area contributed by atoms with Gasteiger partial charge in [-0.25, -0.2) is 0 Å². The molecule has 2 atom stereocenters. The van der Waals surface area contributed by atoms with Gasteiger partial charge in [-0.1, -0.05) is 48.9 Å². The molecule has 0 aliphatic heterocycles. The zero-order valence-corrected chi connectivity index (χ0v) is 14.8. The number of rotatable bonds is 5. The average molecular weight is 353 g/mol. The topological polar surface area (TPSA) is 46.3 Å². The molecule has 2 unspecified atom stereocenters. The lowest BCUT2D eigenvalue weighted by molar-refractivity contribution is -0.122. The molecule has 0 saturated heterocycles. The van der Waals surface area contributed by atoms with E-state index in [1.807, 2.05) is 68.4 Å². The molecule has 0 bridgehead atoms. The monoisotopic (exact) mass is 352 g/mol. The molecule has 0 saturated carbocycles. The Bertz CT molecular complexity index is 615. The first-order chi connectivity index (χ1) is 10.5. The van der Waals surface area contributed by atoms with E-state index in [1.165, 1.54) is 0 Å². The molecule has 0 aliphatic rings. The number of nitrogens with two attached hydrogens (primary N) is 1. The minimum Gasteiger partial charge on any atom is -0.327 e. The van der Waals surface area contributed by atoms with Crippen molar-refractivity contribution in [1.82, 2.24) is 0 Å². The third-order valence-electron chi connectivity index (χ3n) is 3.77. The summed E-state index contributed by atoms with van der Waals surface area (Å²) in [5, 5.41) is 0.685. The Hall–Kier alpha value is -1.55. The van der Waals surface area contributed by atoms with Crippen LogP contribution in [0.25, 0.3) is 0 Å². The van der Waals surface area contributed by atoms with Gasteiger partial charge < -0.3 is 10.6 Å². The van der Waals surface area contributed by atoms with Gasteiger partial charge in [0.15, 0.2) is 0 Å². The Kier molecular flexibility index (Phi) is 7.56. The van der Waals surface area contributed by atoms with Gasteiger partial charge in [-0.2, -0.15) is 0 Å². The van der Waals surface area contributed by atoms with Crippen LogP contribution in [0.5, 0.6) is 0 Å². The lowest BCUT2D eigenvalue weighted by Crippen LogP contribution is -2.41. The summed E-state index contributed by atoms with van der Waals surface area (Å²) < 4.78 is 0. The lowest BCUT2D eigenvalue weighted by Gasteiger charge is -2.27. The van der Waals surface area contributed by atoms with E-state index in [2.05, 4.69) is 0 Å². The molecule has 0 heterocycles. The van der Waals surface area contributed by atoms with E-state index in [1.54, 1.807) is 4.90 Å². The number of amides is 1. The molecule has 0 spiro atoms. The third kappa shape index (κ3) is 5.24. The smallest absolute Gasteiger partial charge is 0.231 e. The number of carbonyl (C=O) groups excluding carboxylic acids is 1. The van der Waals surface area contributed by atoms with Crippen LogP contribution in [0.2, 0.25) is 5.02 Å². The molecule has 124 valence electrons. The number of benzene rings is 2. The largest absolute Gasteiger partial charge is 0.327 e. The van der Waals surface area contributed by atoms with Gasteiger partial charge in [0.2, 0.25) is 5.91 Å². The predicted molar refractivity (Wildman–Crippen MR) is 99.1 cm³/mol. The van der Waals surface area contributed by atoms with E-state index >= 15 is 0 Å². The van der Waals surface area contributed by atoms with Crippen molar-refractivity contribution in [2.24, 2.45) is 11.7 Å². The van der Waals surface area contributed by atoms with Crippen LogP contribution in [-0.2, 0) is 11.3 Å². The number of anilines is 1. The Morgan fingerprint density at radius 1 is 1.09 bits per heavy atom. The summed E-state index contributed by atoms with van der Waals surface area (Å²) in [4.78, 5) is 14.6. The van der Waals surface area contributed by atoms with Crippen LogP contribution in [0.3, 0.4) is 0 Å². The second kappa shape index (κ2) is 8.92. The average Bonchev–Trinajstić information content (AvgIpc) is 2.53. The van der Waals surface area contributed by atoms with Crippen LogP contribution in [0, 0.1) is 5.92 Å². The minimum atomic E-state index is -0.243. The fraction of sp³-hybridized carbons (Fsp3) is 0.278. The highest BCUT2D eigenvalue weighted by Gasteiger charge is 2.24. The standard InChI is InChI=1S/C18H21ClN2O.ClH/c1-13(14(2)20)18(22)21(17-6-4-3-5-7-17)12-15-8-10-16(19)11-9-15;/h3-11,13-14H,12,20H2,1-2H3;1H. The molecule has 2 aromatic rings. The van der Waals surface area contributed by atoms with Crippen molar-refractivity contribution in [3.05, 3.63) is 65.2 Å². The maximum Gasteiger partial charge on any atom is 0.231 e. The van der Waals surface area contributed by atoms with E-state index in [4.69, 9.17) is 17.3 Å². The molecule has 23 heavy (non-hydrogen) atoms. The summed E-state index contributed by atoms with van der Waals surface area (Å²) >= 11 is 5.92. The molecule has 2 aromatic carbocycles. The van der Waals surface area contributed by atoms with Crippen molar-refractivity contribution in [3.8, 4) is 0 Å². The number of nitrogens with zero attached hydrogens (tertiary/aromatic N) is 1. The van der Waals surface area contributed by atoms with Gasteiger partial charge in [0, 0.05) is 16.8 Å². The molecule has 0 aromatic heterocycles. The maximum atomic E-state index is 12.8. The summed E-state index contributed by atoms with van der Waals surface area (Å²) in [5.41, 5.74) is 7.80. The molecule has 2 rings (SSSR count). The first-order valence-electron chi connectivity index (χ1n) is 7.35. The van der Waals surface area contributed by atoms with Crippen LogP contribution in [-0.4, -0.2) is 11.9 Å². The Labute approximate surface area is 148 Å². The molecule has 1 amide bonds. The van der Waals surface area contributed by atoms with E-state index in [9.17, 15) is 4.79 Å². The molecule has 5 heteroatoms. The Morgan fingerprint density at radius 2 is 1.65 bits per heavy atom. The highest BCUT2D eigenvalue weighted by molar-refractivity contribution is 6.30. The minimum absolute atomic E-state index is 0. The Morgan fingerprint density at radius 3 is 2.17 bits per heavy atom. The van der Waals surface area contributed by atoms with Gasteiger partial charge >= 0.3 is 0 Å². The number of carbonyl (C=O) groups is 1. The first-order valence-corrected chi connectivity index (χ1v) is 7.73. The van der Waals surface area contributed by atoms with Crippen molar-refractivity contribution in [3.63, 3.8) is 0 Å². The van der Waals surface area contributed by atoms with Crippen LogP contribution < -0.4 is 10.6 Å². The molecule has 0 fully saturated rings. The van der Waals surface area contributed by atoms with Crippen LogP contribution in [0.4, 0.5) is 5.69 Å². The second-order valence-electron chi connectivity index (χ2n) is 5.53. The van der Waals surface area contributed by atoms with Crippen LogP contribution in [0.1, 0.15) is 19.4 Å². The van der Waals surface area contributed by atoms with Crippen molar-refractivity contribution >= 4 is 35.6 Å². The first kappa shape index (κ1) is 19.5. The van der Waals surface area contributed by atoms with Crippen molar-refractivity contribution < 1.29 is 4.79 Å². The molecule has 0 radical (unpaired) electrons. The summed E-state index contributed by atoms with van der Waals surface area (Å²) in [6.07, 6.45) is 0. The molecule has 2 N–H and O–H groups in total. The summed E-state index contributed by atoms with van der Waals surface area (Å²) in [6, 6.07) is 17.0. The summed E-state index contributed by atoms with van der Waals surface area (Å²) in [5.74, 6) is -0.219. The van der Waals surface area contributed by atoms with E-state index in [0.717, 1.165) is 11.3 Å². The zero-order valence-electron chi connectivity index (χ0n) is 13.3. The van der Waals surface area contributed by atoms with Gasteiger partial charge in [0.25, 0.3) is 0 Å². The zero-order chi connectivity index (χ0) is 16.1. The predicted octanol–water partition coefficient (Wildman–Crippen LogP) is 4.28. The highest BCUT2D eigenvalue weighted by Crippen LogP contribution is 2.21. The third-order valence-corrected chi connectivity index (χ3v) is 4.02. The van der Waals surface area contributed by atoms with Crippen molar-refractivity contribution in [2.45, 2.75) is 26.4 Å². The van der Waals surface area contributed by atoms with Crippen LogP contribution in [0.15, 0.2) is 54.6 Å². The van der Waals surface area contributed by atoms with Gasteiger partial charge in [-0.05, 0) is 36.8 Å². The second-order valence-corrected chi connectivity index (χ2v) is 5.97. The molecule has 3 nitrogen and oxygen atoms in total. The van der Waals surface area contributed by atoms with E-state index < -0.39 is 0 Å². The lowest BCUT2D eigenvalue weighted by atomic mass is 10.0. The fourth-order valence-electron chi connectivity index (χ4n) is 2.15. The van der Waals surface area contributed by atoms with Crippen molar-refractivity contribution in [2.75, 3.05) is 4.90 Å². The number of halogens is 2. The van der Waals surface area contributed by atoms with Gasteiger partial charge in [0.05, 0.1) is 12.5 Å². The SMILES string of the molecule is CC(N)C(C)C(=O)N(Cc1ccc(Cl)cc1)c1ccccc1.Cl. The number of para-hydroxylation sites is 1. The van der Waals surface area contributed by atoms with Crippen molar-refractivity contribution in [1.29, 1.82) is 0 Å². The van der Waals surface area contributed by atoms with Gasteiger partial charge in [-0.3, -0.25) is 4.79 Å². The normalized spacial score (nSPS) is 12.9. The highest BCUT2D eigenvalue weighted by atomic mass is 35.5. The fourth-order valence-corrected chi connectivity index (χ4v) is 2.27. The van der Waals surface area contributed by atoms with Gasteiger partial charge in [-0.15, -0.1) is 12.4 Å². The maximum absolute atomic E-state index is 12.8. The number of hydrogen-bond donors (Lipinski definition) is 1. The van der Waals surface area contributed by atoms with Crippen LogP contribution >= 0.6 is 24.0 Å². The summed E-state index contributed by atoms with van der Waals surface area (Å²) in [7, 11) is 0. The number of hydrogen-bond acceptors (Lipinski definition) is 2. The summed E-state index contributed by atoms with van der Waals surface area (Å²) in [6.45, 7) is 4.22. The van der Waals surface area contributed by atoms with Gasteiger partial charge in [0.1, 0.15) is 0 Å². The molecule has 0 aliphatic carbocycles. The molecular weight excluding hydrogens is 331 g/mol. The van der Waals surface area contributed by atoms with E-state index in [0.29, 0.717) is 11.6 Å².